The lowest BCUT2D eigenvalue weighted by Crippen LogP contribution is -2.47. The van der Waals surface area contributed by atoms with Gasteiger partial charge in [-0.15, -0.1) is 0 Å². The van der Waals surface area contributed by atoms with Crippen molar-refractivity contribution in [1.82, 2.24) is 10.2 Å². The molecule has 0 radical (unpaired) electrons. The first-order valence-corrected chi connectivity index (χ1v) is 8.04. The zero-order chi connectivity index (χ0) is 15.1. The number of rotatable bonds is 6. The number of amides is 1. The maximum absolute atomic E-state index is 12.2. The molecule has 1 saturated heterocycles. The maximum atomic E-state index is 12.2. The van der Waals surface area contributed by atoms with Crippen molar-refractivity contribution in [2.24, 2.45) is 5.73 Å². The van der Waals surface area contributed by atoms with Crippen LogP contribution in [0, 0.1) is 0 Å². The van der Waals surface area contributed by atoms with Crippen molar-refractivity contribution in [3.8, 4) is 0 Å². The fourth-order valence-electron chi connectivity index (χ4n) is 2.79. The standard InChI is InChI=1S/C17H27N3O/c1-2-3-11-20-12-9-15(10-13-20)19-17(21)16(18)14-7-5-4-6-8-14/h4-8,15-16H,2-3,9-13,18H2,1H3,(H,19,21)/t16-/m1/s1. The van der Waals surface area contributed by atoms with Gasteiger partial charge < -0.3 is 16.0 Å². The molecule has 1 aliphatic rings. The second kappa shape index (κ2) is 8.15. The zero-order valence-electron chi connectivity index (χ0n) is 12.9. The van der Waals surface area contributed by atoms with Gasteiger partial charge in [-0.1, -0.05) is 43.7 Å². The van der Waals surface area contributed by atoms with Gasteiger partial charge in [0.1, 0.15) is 6.04 Å². The summed E-state index contributed by atoms with van der Waals surface area (Å²) in [5, 5.41) is 3.10. The Morgan fingerprint density at radius 3 is 2.62 bits per heavy atom. The van der Waals surface area contributed by atoms with Crippen LogP contribution in [-0.4, -0.2) is 36.5 Å². The van der Waals surface area contributed by atoms with Gasteiger partial charge in [0, 0.05) is 19.1 Å². The highest BCUT2D eigenvalue weighted by Crippen LogP contribution is 2.14. The fraction of sp³-hybridized carbons (Fsp3) is 0.588. The monoisotopic (exact) mass is 289 g/mol. The van der Waals surface area contributed by atoms with Gasteiger partial charge in [0.25, 0.3) is 0 Å². The molecule has 116 valence electrons. The van der Waals surface area contributed by atoms with Gasteiger partial charge in [-0.25, -0.2) is 0 Å². The highest BCUT2D eigenvalue weighted by atomic mass is 16.2. The second-order valence-corrected chi connectivity index (χ2v) is 5.87. The molecule has 1 aliphatic heterocycles. The molecule has 1 aromatic rings. The van der Waals surface area contributed by atoms with Crippen LogP contribution in [0.3, 0.4) is 0 Å². The number of nitrogens with two attached hydrogens (primary N) is 1. The quantitative estimate of drug-likeness (QED) is 0.843. The Hall–Kier alpha value is -1.39. The van der Waals surface area contributed by atoms with E-state index < -0.39 is 6.04 Å². The average Bonchev–Trinajstić information content (AvgIpc) is 2.54. The van der Waals surface area contributed by atoms with Crippen LogP contribution < -0.4 is 11.1 Å². The van der Waals surface area contributed by atoms with Crippen LogP contribution in [-0.2, 0) is 4.79 Å². The molecule has 2 rings (SSSR count). The summed E-state index contributed by atoms with van der Waals surface area (Å²) in [5.41, 5.74) is 6.90. The normalized spacial score (nSPS) is 18.4. The number of likely N-dealkylation sites (tertiary alicyclic amines) is 1. The van der Waals surface area contributed by atoms with E-state index in [1.54, 1.807) is 0 Å². The van der Waals surface area contributed by atoms with Crippen molar-refractivity contribution in [3.05, 3.63) is 35.9 Å². The van der Waals surface area contributed by atoms with Gasteiger partial charge in [0.15, 0.2) is 0 Å². The number of benzene rings is 1. The van der Waals surface area contributed by atoms with Crippen molar-refractivity contribution in [3.63, 3.8) is 0 Å². The molecule has 4 nitrogen and oxygen atoms in total. The van der Waals surface area contributed by atoms with Gasteiger partial charge in [-0.3, -0.25) is 4.79 Å². The smallest absolute Gasteiger partial charge is 0.241 e. The molecular formula is C17H27N3O. The van der Waals surface area contributed by atoms with E-state index in [9.17, 15) is 4.79 Å². The third-order valence-corrected chi connectivity index (χ3v) is 4.20. The Morgan fingerprint density at radius 2 is 2.00 bits per heavy atom. The predicted molar refractivity (Wildman–Crippen MR) is 85.9 cm³/mol. The van der Waals surface area contributed by atoms with Crippen molar-refractivity contribution < 1.29 is 4.79 Å². The molecule has 0 bridgehead atoms. The number of piperidine rings is 1. The second-order valence-electron chi connectivity index (χ2n) is 5.87. The van der Waals surface area contributed by atoms with Crippen LogP contribution in [0.25, 0.3) is 0 Å². The minimum atomic E-state index is -0.565. The summed E-state index contributed by atoms with van der Waals surface area (Å²) in [4.78, 5) is 14.7. The summed E-state index contributed by atoms with van der Waals surface area (Å²) in [6, 6.07) is 9.26. The summed E-state index contributed by atoms with van der Waals surface area (Å²) in [6.45, 7) is 5.55. The van der Waals surface area contributed by atoms with Gasteiger partial charge in [0.2, 0.25) is 5.91 Å². The van der Waals surface area contributed by atoms with Crippen LogP contribution in [0.4, 0.5) is 0 Å². The van der Waals surface area contributed by atoms with E-state index in [1.807, 2.05) is 30.3 Å². The number of carbonyl (C=O) groups excluding carboxylic acids is 1. The number of unbranched alkanes of at least 4 members (excludes halogenated alkanes) is 1. The lowest BCUT2D eigenvalue weighted by atomic mass is 10.0. The molecule has 3 N–H and O–H groups in total. The Morgan fingerprint density at radius 1 is 1.33 bits per heavy atom. The molecule has 0 aliphatic carbocycles. The van der Waals surface area contributed by atoms with Gasteiger partial charge >= 0.3 is 0 Å². The summed E-state index contributed by atoms with van der Waals surface area (Å²) in [7, 11) is 0. The molecule has 1 fully saturated rings. The number of carbonyl (C=O) groups is 1. The molecule has 1 atom stereocenters. The molecule has 0 unspecified atom stereocenters. The molecule has 1 amide bonds. The minimum Gasteiger partial charge on any atom is -0.352 e. The first-order chi connectivity index (χ1) is 10.2. The number of hydrogen-bond donors (Lipinski definition) is 2. The summed E-state index contributed by atoms with van der Waals surface area (Å²) < 4.78 is 0. The molecule has 1 heterocycles. The van der Waals surface area contributed by atoms with Gasteiger partial charge in [-0.2, -0.15) is 0 Å². The predicted octanol–water partition coefficient (Wildman–Crippen LogP) is 2.07. The van der Waals surface area contributed by atoms with Gasteiger partial charge in [0.05, 0.1) is 0 Å². The summed E-state index contributed by atoms with van der Waals surface area (Å²) in [5.74, 6) is -0.0618. The van der Waals surface area contributed by atoms with Gasteiger partial charge in [-0.05, 0) is 31.4 Å². The average molecular weight is 289 g/mol. The molecular weight excluding hydrogens is 262 g/mol. The van der Waals surface area contributed by atoms with E-state index in [2.05, 4.69) is 17.1 Å². The first-order valence-electron chi connectivity index (χ1n) is 8.04. The van der Waals surface area contributed by atoms with E-state index in [0.29, 0.717) is 0 Å². The lowest BCUT2D eigenvalue weighted by Gasteiger charge is -2.32. The van der Waals surface area contributed by atoms with Crippen molar-refractivity contribution >= 4 is 5.91 Å². The van der Waals surface area contributed by atoms with Crippen LogP contribution in [0.1, 0.15) is 44.2 Å². The van der Waals surface area contributed by atoms with E-state index in [1.165, 1.54) is 19.4 Å². The van der Waals surface area contributed by atoms with Crippen molar-refractivity contribution in [1.29, 1.82) is 0 Å². The Kier molecular flexibility index (Phi) is 6.21. The lowest BCUT2D eigenvalue weighted by molar-refractivity contribution is -0.123. The third-order valence-electron chi connectivity index (χ3n) is 4.20. The summed E-state index contributed by atoms with van der Waals surface area (Å²) >= 11 is 0. The molecule has 4 heteroatoms. The van der Waals surface area contributed by atoms with E-state index in [0.717, 1.165) is 31.5 Å². The van der Waals surface area contributed by atoms with Crippen LogP contribution in [0.2, 0.25) is 0 Å². The van der Waals surface area contributed by atoms with Crippen LogP contribution in [0.15, 0.2) is 30.3 Å². The fourth-order valence-corrected chi connectivity index (χ4v) is 2.79. The first kappa shape index (κ1) is 16.0. The molecule has 0 aromatic heterocycles. The molecule has 1 aromatic carbocycles. The number of hydrogen-bond acceptors (Lipinski definition) is 3. The van der Waals surface area contributed by atoms with Crippen LogP contribution in [0.5, 0.6) is 0 Å². The largest absolute Gasteiger partial charge is 0.352 e. The van der Waals surface area contributed by atoms with E-state index in [4.69, 9.17) is 5.73 Å². The molecule has 21 heavy (non-hydrogen) atoms. The molecule has 0 spiro atoms. The zero-order valence-corrected chi connectivity index (χ0v) is 12.9. The molecule has 0 saturated carbocycles. The highest BCUT2D eigenvalue weighted by Gasteiger charge is 2.23. The van der Waals surface area contributed by atoms with E-state index in [-0.39, 0.29) is 11.9 Å². The number of nitrogens with zero attached hydrogens (tertiary/aromatic N) is 1. The summed E-state index contributed by atoms with van der Waals surface area (Å²) in [6.07, 6.45) is 4.55. The SMILES string of the molecule is CCCCN1CCC(NC(=O)[C@H](N)c2ccccc2)CC1. The van der Waals surface area contributed by atoms with Crippen molar-refractivity contribution in [2.45, 2.75) is 44.7 Å². The Labute approximate surface area is 127 Å². The highest BCUT2D eigenvalue weighted by molar-refractivity contribution is 5.83. The third kappa shape index (κ3) is 4.83. The van der Waals surface area contributed by atoms with Crippen molar-refractivity contribution in [2.75, 3.05) is 19.6 Å². The minimum absolute atomic E-state index is 0.0618. The van der Waals surface area contributed by atoms with E-state index >= 15 is 0 Å². The number of nitrogens with one attached hydrogen (secondary N) is 1. The Bertz CT molecular complexity index is 427. The maximum Gasteiger partial charge on any atom is 0.241 e. The van der Waals surface area contributed by atoms with Crippen LogP contribution >= 0.6 is 0 Å². The Balaban J connectivity index is 1.77. The topological polar surface area (TPSA) is 58.4 Å².